The molecule has 2 aromatic rings. The molecule has 42 heavy (non-hydrogen) atoms. The minimum Gasteiger partial charge on any atom is -0.507 e. The van der Waals surface area contributed by atoms with Crippen molar-refractivity contribution < 1.29 is 38.4 Å². The lowest BCUT2D eigenvalue weighted by Gasteiger charge is -2.29. The maximum atomic E-state index is 13.5. The lowest BCUT2D eigenvalue weighted by atomic mass is 9.94. The van der Waals surface area contributed by atoms with Gasteiger partial charge in [-0.15, -0.1) is 0 Å². The van der Waals surface area contributed by atoms with Gasteiger partial charge in [-0.1, -0.05) is 19.9 Å². The summed E-state index contributed by atoms with van der Waals surface area (Å²) in [5, 5.41) is 11.5. The first kappa shape index (κ1) is 29.7. The number of methoxy groups -OCH3 is 1. The van der Waals surface area contributed by atoms with Crippen LogP contribution in [0.5, 0.6) is 23.0 Å². The van der Waals surface area contributed by atoms with E-state index in [-0.39, 0.29) is 11.3 Å². The van der Waals surface area contributed by atoms with E-state index >= 15 is 0 Å². The minimum absolute atomic E-state index is 0.0265. The van der Waals surface area contributed by atoms with Crippen LogP contribution in [0.15, 0.2) is 42.0 Å². The van der Waals surface area contributed by atoms with Crippen LogP contribution in [0.25, 0.3) is 5.76 Å². The molecule has 10 nitrogen and oxygen atoms in total. The van der Waals surface area contributed by atoms with E-state index in [1.165, 1.54) is 0 Å². The Kier molecular flexibility index (Phi) is 9.54. The van der Waals surface area contributed by atoms with Crippen molar-refractivity contribution in [3.8, 4) is 23.0 Å². The lowest BCUT2D eigenvalue weighted by molar-refractivity contribution is -0.140. The number of carbonyl (C=O) groups excluding carboxylic acids is 2. The number of likely N-dealkylation sites (tertiary alicyclic amines) is 1. The number of aliphatic hydroxyl groups is 1. The number of amides is 1. The third-order valence-electron chi connectivity index (χ3n) is 7.79. The molecule has 0 bridgehead atoms. The van der Waals surface area contributed by atoms with E-state index in [0.29, 0.717) is 86.0 Å². The number of hydrogen-bond donors (Lipinski definition) is 1. The van der Waals surface area contributed by atoms with Gasteiger partial charge in [0.2, 0.25) is 0 Å². The molecule has 10 heteroatoms. The van der Waals surface area contributed by atoms with Crippen molar-refractivity contribution in [3.63, 3.8) is 0 Å². The van der Waals surface area contributed by atoms with Crippen LogP contribution in [0.4, 0.5) is 0 Å². The maximum absolute atomic E-state index is 13.5. The summed E-state index contributed by atoms with van der Waals surface area (Å²) in [4.78, 5) is 30.9. The number of ether oxygens (including phenoxy) is 5. The van der Waals surface area contributed by atoms with Gasteiger partial charge in [-0.05, 0) is 54.7 Å². The number of fused-ring (bicyclic) bond motifs is 1. The molecular formula is C32H40N2O8. The summed E-state index contributed by atoms with van der Waals surface area (Å²) in [6, 6.07) is 9.61. The summed E-state index contributed by atoms with van der Waals surface area (Å²) in [6.45, 7) is 9.79. The predicted octanol–water partition coefficient (Wildman–Crippen LogP) is 4.04. The number of aliphatic hydroxyl groups excluding tert-OH is 1. The van der Waals surface area contributed by atoms with Gasteiger partial charge >= 0.3 is 0 Å². The SMILES string of the molecule is COc1cc(C2/C(=C(/O)c3ccc4c(c3)OCCO4)C(=O)C(=O)N2CCCN2CCOCC2)ccc1OCCC(C)C. The van der Waals surface area contributed by atoms with Crippen molar-refractivity contribution in [2.75, 3.05) is 66.3 Å². The summed E-state index contributed by atoms with van der Waals surface area (Å²) in [5.74, 6) is 0.983. The molecular weight excluding hydrogens is 540 g/mol. The van der Waals surface area contributed by atoms with E-state index in [9.17, 15) is 14.7 Å². The normalized spacial score (nSPS) is 20.3. The lowest BCUT2D eigenvalue weighted by Crippen LogP contribution is -2.39. The fourth-order valence-electron chi connectivity index (χ4n) is 5.47. The van der Waals surface area contributed by atoms with Gasteiger partial charge in [-0.3, -0.25) is 14.5 Å². The Hall–Kier alpha value is -3.76. The molecule has 1 amide bonds. The Morgan fingerprint density at radius 3 is 2.48 bits per heavy atom. The van der Waals surface area contributed by atoms with Crippen LogP contribution in [0, 0.1) is 5.92 Å². The van der Waals surface area contributed by atoms with Gasteiger partial charge in [0.15, 0.2) is 23.0 Å². The molecule has 0 aliphatic carbocycles. The number of benzene rings is 2. The third-order valence-corrected chi connectivity index (χ3v) is 7.79. The molecule has 1 unspecified atom stereocenters. The molecule has 2 fully saturated rings. The molecule has 1 N–H and O–H groups in total. The Balaban J connectivity index is 1.49. The number of hydrogen-bond acceptors (Lipinski definition) is 9. The molecule has 0 radical (unpaired) electrons. The Bertz CT molecular complexity index is 1320. The second kappa shape index (κ2) is 13.5. The van der Waals surface area contributed by atoms with Gasteiger partial charge in [-0.25, -0.2) is 0 Å². The Morgan fingerprint density at radius 1 is 0.976 bits per heavy atom. The molecule has 0 spiro atoms. The zero-order valence-electron chi connectivity index (χ0n) is 24.6. The Labute approximate surface area is 246 Å². The van der Waals surface area contributed by atoms with Gasteiger partial charge in [0.25, 0.3) is 11.7 Å². The summed E-state index contributed by atoms with van der Waals surface area (Å²) in [5.41, 5.74) is 1.04. The highest BCUT2D eigenvalue weighted by Crippen LogP contribution is 2.43. The van der Waals surface area contributed by atoms with Crippen LogP contribution in [0.1, 0.15) is 43.9 Å². The maximum Gasteiger partial charge on any atom is 0.295 e. The van der Waals surface area contributed by atoms with Crippen molar-refractivity contribution in [3.05, 3.63) is 53.1 Å². The highest BCUT2D eigenvalue weighted by atomic mass is 16.6. The average Bonchev–Trinajstić information content (AvgIpc) is 3.26. The predicted molar refractivity (Wildman–Crippen MR) is 156 cm³/mol. The van der Waals surface area contributed by atoms with Gasteiger partial charge in [0.05, 0.1) is 38.5 Å². The van der Waals surface area contributed by atoms with Crippen molar-refractivity contribution in [1.29, 1.82) is 0 Å². The van der Waals surface area contributed by atoms with Gasteiger partial charge in [0, 0.05) is 31.7 Å². The summed E-state index contributed by atoms with van der Waals surface area (Å²) in [6.07, 6.45) is 1.56. The second-order valence-electron chi connectivity index (χ2n) is 11.1. The molecule has 2 saturated heterocycles. The number of ketones is 1. The summed E-state index contributed by atoms with van der Waals surface area (Å²) in [7, 11) is 1.56. The van der Waals surface area contributed by atoms with Gasteiger partial charge in [-0.2, -0.15) is 0 Å². The van der Waals surface area contributed by atoms with E-state index in [4.69, 9.17) is 23.7 Å². The first-order valence-corrected chi connectivity index (χ1v) is 14.7. The number of carbonyl (C=O) groups is 2. The highest BCUT2D eigenvalue weighted by molar-refractivity contribution is 6.46. The second-order valence-corrected chi connectivity index (χ2v) is 11.1. The zero-order valence-corrected chi connectivity index (χ0v) is 24.6. The Morgan fingerprint density at radius 2 is 1.74 bits per heavy atom. The largest absolute Gasteiger partial charge is 0.507 e. The number of rotatable bonds is 11. The summed E-state index contributed by atoms with van der Waals surface area (Å²) < 4.78 is 28.4. The monoisotopic (exact) mass is 580 g/mol. The molecule has 5 rings (SSSR count). The molecule has 1 atom stereocenters. The van der Waals surface area contributed by atoms with Crippen molar-refractivity contribution in [2.45, 2.75) is 32.7 Å². The van der Waals surface area contributed by atoms with Crippen molar-refractivity contribution in [2.24, 2.45) is 5.92 Å². The first-order valence-electron chi connectivity index (χ1n) is 14.7. The van der Waals surface area contributed by atoms with E-state index in [1.807, 2.05) is 6.07 Å². The van der Waals surface area contributed by atoms with Crippen LogP contribution in [-0.4, -0.2) is 92.9 Å². The van der Waals surface area contributed by atoms with Crippen LogP contribution in [0.3, 0.4) is 0 Å². The number of morpholine rings is 1. The first-order chi connectivity index (χ1) is 20.4. The average molecular weight is 581 g/mol. The smallest absolute Gasteiger partial charge is 0.295 e. The quantitative estimate of drug-likeness (QED) is 0.239. The van der Waals surface area contributed by atoms with Gasteiger partial charge < -0.3 is 33.7 Å². The minimum atomic E-state index is -0.804. The standard InChI is InChI=1S/C32H40N2O8/c1-21(2)9-14-40-24-7-5-22(19-26(24)38-3)29-28(30(35)23-6-8-25-27(20-23)42-18-17-41-25)31(36)32(37)34(29)11-4-10-33-12-15-39-16-13-33/h5-8,19-21,29,35H,4,9-18H2,1-3H3/b30-28-. The van der Waals surface area contributed by atoms with E-state index in [0.717, 1.165) is 26.1 Å². The molecule has 0 aromatic heterocycles. The molecule has 2 aromatic carbocycles. The zero-order chi connectivity index (χ0) is 29.6. The molecule has 226 valence electrons. The summed E-state index contributed by atoms with van der Waals surface area (Å²) >= 11 is 0. The van der Waals surface area contributed by atoms with E-state index in [2.05, 4.69) is 18.7 Å². The number of nitrogens with zero attached hydrogens (tertiary/aromatic N) is 2. The highest BCUT2D eigenvalue weighted by Gasteiger charge is 2.46. The third kappa shape index (κ3) is 6.50. The van der Waals surface area contributed by atoms with Crippen LogP contribution < -0.4 is 18.9 Å². The topological polar surface area (TPSA) is 107 Å². The van der Waals surface area contributed by atoms with Crippen molar-refractivity contribution >= 4 is 17.4 Å². The fraction of sp³-hybridized carbons (Fsp3) is 0.500. The molecule has 3 heterocycles. The molecule has 0 saturated carbocycles. The van der Waals surface area contributed by atoms with Crippen LogP contribution in [-0.2, 0) is 14.3 Å². The van der Waals surface area contributed by atoms with E-state index < -0.39 is 17.7 Å². The molecule has 3 aliphatic rings. The van der Waals surface area contributed by atoms with Gasteiger partial charge in [0.1, 0.15) is 19.0 Å². The van der Waals surface area contributed by atoms with Crippen LogP contribution in [0.2, 0.25) is 0 Å². The molecule has 3 aliphatic heterocycles. The number of Topliss-reactive ketones (excluding diaryl/α,β-unsaturated/α-hetero) is 1. The van der Waals surface area contributed by atoms with Crippen molar-refractivity contribution in [1.82, 2.24) is 9.80 Å². The van der Waals surface area contributed by atoms with Crippen LogP contribution >= 0.6 is 0 Å². The van der Waals surface area contributed by atoms with E-state index in [1.54, 1.807) is 42.3 Å². The fourth-order valence-corrected chi connectivity index (χ4v) is 5.47.